The number of carbonyl (C=O) groups is 2. The van der Waals surface area contributed by atoms with E-state index in [-0.39, 0.29) is 34.7 Å². The van der Waals surface area contributed by atoms with Gasteiger partial charge in [-0.1, -0.05) is 6.92 Å². The second kappa shape index (κ2) is 8.62. The molecule has 2 aromatic carbocycles. The lowest BCUT2D eigenvalue weighted by atomic mass is 10.3. The molecule has 0 heterocycles. The summed E-state index contributed by atoms with van der Waals surface area (Å²) in [5.41, 5.74) is 0.248. The zero-order valence-corrected chi connectivity index (χ0v) is 17.3. The molecule has 0 aromatic heterocycles. The van der Waals surface area contributed by atoms with Crippen LogP contribution in [0.3, 0.4) is 0 Å². The highest BCUT2D eigenvalue weighted by Crippen LogP contribution is 2.37. The normalized spacial score (nSPS) is 17.7. The van der Waals surface area contributed by atoms with Crippen LogP contribution < -0.4 is 20.1 Å². The van der Waals surface area contributed by atoms with Gasteiger partial charge in [0.15, 0.2) is 0 Å². The highest BCUT2D eigenvalue weighted by atomic mass is 32.2. The van der Waals surface area contributed by atoms with E-state index < -0.39 is 15.9 Å². The molecular formula is C20H23N3O6S. The van der Waals surface area contributed by atoms with Crippen LogP contribution >= 0.6 is 0 Å². The smallest absolute Gasteiger partial charge is 0.261 e. The molecule has 1 aliphatic rings. The Labute approximate surface area is 174 Å². The maximum absolute atomic E-state index is 12.6. The molecule has 4 N–H and O–H groups in total. The average molecular weight is 433 g/mol. The highest BCUT2D eigenvalue weighted by Gasteiger charge is 2.39. The van der Waals surface area contributed by atoms with Gasteiger partial charge in [-0.25, -0.2) is 8.42 Å². The van der Waals surface area contributed by atoms with Crippen LogP contribution in [0.4, 0.5) is 11.4 Å². The lowest BCUT2D eigenvalue weighted by Crippen LogP contribution is -2.34. The number of benzene rings is 2. The third-order valence-corrected chi connectivity index (χ3v) is 6.14. The van der Waals surface area contributed by atoms with E-state index in [1.807, 2.05) is 6.92 Å². The van der Waals surface area contributed by atoms with Gasteiger partial charge in [0.05, 0.1) is 24.2 Å². The van der Waals surface area contributed by atoms with E-state index in [2.05, 4.69) is 15.4 Å². The van der Waals surface area contributed by atoms with Gasteiger partial charge in [-0.2, -0.15) is 0 Å². The minimum absolute atomic E-state index is 0.0660. The summed E-state index contributed by atoms with van der Waals surface area (Å²) in [5.74, 6) is -0.239. The van der Waals surface area contributed by atoms with Crippen LogP contribution in [0.5, 0.6) is 11.5 Å². The number of hydrogen-bond acceptors (Lipinski definition) is 6. The number of phenols is 1. The predicted octanol–water partition coefficient (Wildman–Crippen LogP) is 1.91. The number of amides is 2. The molecule has 1 fully saturated rings. The van der Waals surface area contributed by atoms with Crippen LogP contribution in [0.25, 0.3) is 0 Å². The van der Waals surface area contributed by atoms with Crippen molar-refractivity contribution in [3.8, 4) is 11.5 Å². The number of ether oxygens (including phenoxy) is 1. The van der Waals surface area contributed by atoms with Crippen LogP contribution in [-0.4, -0.2) is 39.0 Å². The van der Waals surface area contributed by atoms with Gasteiger partial charge in [0.2, 0.25) is 11.8 Å². The van der Waals surface area contributed by atoms with Crippen LogP contribution in [0.2, 0.25) is 0 Å². The molecule has 10 heteroatoms. The summed E-state index contributed by atoms with van der Waals surface area (Å²) < 4.78 is 32.7. The minimum Gasteiger partial charge on any atom is -0.506 e. The van der Waals surface area contributed by atoms with Gasteiger partial charge in [-0.05, 0) is 54.8 Å². The van der Waals surface area contributed by atoms with Gasteiger partial charge in [0.25, 0.3) is 10.0 Å². The van der Waals surface area contributed by atoms with E-state index in [1.54, 1.807) is 24.3 Å². The van der Waals surface area contributed by atoms with Crippen molar-refractivity contribution in [1.29, 1.82) is 0 Å². The van der Waals surface area contributed by atoms with Gasteiger partial charge in [-0.3, -0.25) is 14.3 Å². The van der Waals surface area contributed by atoms with Crippen LogP contribution in [-0.2, 0) is 19.6 Å². The Morgan fingerprint density at radius 3 is 2.43 bits per heavy atom. The molecule has 1 aliphatic carbocycles. The number of sulfonamides is 1. The number of aromatic hydroxyl groups is 1. The van der Waals surface area contributed by atoms with Gasteiger partial charge in [0.1, 0.15) is 11.5 Å². The number of anilines is 2. The van der Waals surface area contributed by atoms with Crippen molar-refractivity contribution >= 4 is 33.2 Å². The molecule has 2 aromatic rings. The Kier molecular flexibility index (Phi) is 6.16. The van der Waals surface area contributed by atoms with Gasteiger partial charge < -0.3 is 20.5 Å². The topological polar surface area (TPSA) is 134 Å². The number of methoxy groups -OCH3 is 1. The molecule has 2 atom stereocenters. The summed E-state index contributed by atoms with van der Waals surface area (Å²) in [4.78, 5) is 23.7. The third-order valence-electron chi connectivity index (χ3n) is 4.76. The fourth-order valence-corrected chi connectivity index (χ4v) is 3.92. The number of rotatable bonds is 8. The molecule has 1 saturated carbocycles. The van der Waals surface area contributed by atoms with Crippen molar-refractivity contribution in [3.05, 3.63) is 42.5 Å². The zero-order chi connectivity index (χ0) is 21.9. The SMILES string of the molecule is COc1ccc(NS(=O)(=O)c2ccc(O)c(NC(=O)CNC(=O)[C@H]3C[C@@H]3C)c2)cc1. The minimum atomic E-state index is -3.97. The molecule has 0 radical (unpaired) electrons. The van der Waals surface area contributed by atoms with Crippen molar-refractivity contribution in [2.24, 2.45) is 11.8 Å². The quantitative estimate of drug-likeness (QED) is 0.470. The largest absolute Gasteiger partial charge is 0.506 e. The van der Waals surface area contributed by atoms with E-state index in [0.717, 1.165) is 12.5 Å². The third kappa shape index (κ3) is 5.20. The summed E-state index contributed by atoms with van der Waals surface area (Å²) in [6.45, 7) is 1.68. The van der Waals surface area contributed by atoms with Gasteiger partial charge in [-0.15, -0.1) is 0 Å². The summed E-state index contributed by atoms with van der Waals surface area (Å²) >= 11 is 0. The standard InChI is InChI=1S/C20H23N3O6S/c1-12-9-16(12)20(26)21-11-19(25)22-17-10-15(7-8-18(17)24)30(27,28)23-13-3-5-14(29-2)6-4-13/h3-8,10,12,16,23-24H,9,11H2,1-2H3,(H,21,26)(H,22,25)/t12-,16-/m0/s1. The first-order chi connectivity index (χ1) is 14.2. The molecule has 0 aliphatic heterocycles. The van der Waals surface area contributed by atoms with E-state index >= 15 is 0 Å². The second-order valence-corrected chi connectivity index (χ2v) is 8.78. The molecule has 9 nitrogen and oxygen atoms in total. The lowest BCUT2D eigenvalue weighted by molar-refractivity contribution is -0.125. The Balaban J connectivity index is 1.67. The molecule has 0 unspecified atom stereocenters. The average Bonchev–Trinajstić information content (AvgIpc) is 3.44. The predicted molar refractivity (Wildman–Crippen MR) is 111 cm³/mol. The molecule has 0 saturated heterocycles. The second-order valence-electron chi connectivity index (χ2n) is 7.10. The molecule has 160 valence electrons. The van der Waals surface area contributed by atoms with E-state index in [0.29, 0.717) is 17.4 Å². The van der Waals surface area contributed by atoms with Crippen molar-refractivity contribution < 1.29 is 27.9 Å². The van der Waals surface area contributed by atoms with Crippen LogP contribution in [0.15, 0.2) is 47.4 Å². The van der Waals surface area contributed by atoms with E-state index in [1.165, 1.54) is 19.2 Å². The Bertz CT molecular complexity index is 1050. The van der Waals surface area contributed by atoms with E-state index in [9.17, 15) is 23.1 Å². The first kappa shape index (κ1) is 21.4. The Hall–Kier alpha value is -3.27. The molecular weight excluding hydrogens is 410 g/mol. The van der Waals surface area contributed by atoms with Crippen molar-refractivity contribution in [2.75, 3.05) is 23.7 Å². The number of hydrogen-bond donors (Lipinski definition) is 4. The summed E-state index contributed by atoms with van der Waals surface area (Å²) in [6, 6.07) is 9.83. The maximum atomic E-state index is 12.6. The Morgan fingerprint density at radius 1 is 1.17 bits per heavy atom. The summed E-state index contributed by atoms with van der Waals surface area (Å²) in [6.07, 6.45) is 0.801. The van der Waals surface area contributed by atoms with E-state index in [4.69, 9.17) is 4.74 Å². The van der Waals surface area contributed by atoms with Gasteiger partial charge >= 0.3 is 0 Å². The molecule has 2 amide bonds. The van der Waals surface area contributed by atoms with Crippen molar-refractivity contribution in [2.45, 2.75) is 18.2 Å². The molecule has 0 spiro atoms. The molecule has 0 bridgehead atoms. The highest BCUT2D eigenvalue weighted by molar-refractivity contribution is 7.92. The van der Waals surface area contributed by atoms with Gasteiger partial charge in [0, 0.05) is 11.6 Å². The summed E-state index contributed by atoms with van der Waals surface area (Å²) in [7, 11) is -2.46. The number of nitrogens with one attached hydrogen (secondary N) is 3. The van der Waals surface area contributed by atoms with Crippen LogP contribution in [0.1, 0.15) is 13.3 Å². The fourth-order valence-electron chi connectivity index (χ4n) is 2.84. The van der Waals surface area contributed by atoms with Crippen LogP contribution in [0, 0.1) is 11.8 Å². The first-order valence-corrected chi connectivity index (χ1v) is 10.8. The van der Waals surface area contributed by atoms with Crippen molar-refractivity contribution in [3.63, 3.8) is 0 Å². The fraction of sp³-hybridized carbons (Fsp3) is 0.300. The lowest BCUT2D eigenvalue weighted by Gasteiger charge is -2.12. The van der Waals surface area contributed by atoms with Crippen molar-refractivity contribution in [1.82, 2.24) is 5.32 Å². The number of phenolic OH excluding ortho intramolecular Hbond substituents is 1. The first-order valence-electron chi connectivity index (χ1n) is 9.27. The maximum Gasteiger partial charge on any atom is 0.261 e. The molecule has 30 heavy (non-hydrogen) atoms. The number of carbonyl (C=O) groups excluding carboxylic acids is 2. The monoisotopic (exact) mass is 433 g/mol. The zero-order valence-electron chi connectivity index (χ0n) is 16.5. The Morgan fingerprint density at radius 2 is 1.83 bits per heavy atom. The molecule has 3 rings (SSSR count). The summed E-state index contributed by atoms with van der Waals surface area (Å²) in [5, 5.41) is 14.9.